The van der Waals surface area contributed by atoms with Crippen molar-refractivity contribution in [3.05, 3.63) is 20.2 Å². The molecule has 0 spiro atoms. The van der Waals surface area contributed by atoms with Gasteiger partial charge in [0.15, 0.2) is 0 Å². The lowest BCUT2D eigenvalue weighted by Crippen LogP contribution is -2.50. The minimum Gasteiger partial charge on any atom is -0.465 e. The van der Waals surface area contributed by atoms with Gasteiger partial charge in [-0.15, -0.1) is 0 Å². The van der Waals surface area contributed by atoms with E-state index in [-0.39, 0.29) is 0 Å². The summed E-state index contributed by atoms with van der Waals surface area (Å²) in [5.74, 6) is -4.02. The van der Waals surface area contributed by atoms with Crippen LogP contribution in [0.25, 0.3) is 0 Å². The number of amides is 1. The van der Waals surface area contributed by atoms with Gasteiger partial charge in [0.2, 0.25) is 6.54 Å². The maximum atomic E-state index is 12.7. The fraction of sp³-hybridized carbons (Fsp3) is 0.667. The summed E-state index contributed by atoms with van der Waals surface area (Å²) in [6, 6.07) is 0. The third kappa shape index (κ3) is 2.50. The van der Waals surface area contributed by atoms with E-state index in [1.165, 1.54) is 5.32 Å². The van der Waals surface area contributed by atoms with Crippen LogP contribution in [0.3, 0.4) is 0 Å². The molecule has 0 aliphatic rings. The van der Waals surface area contributed by atoms with E-state index >= 15 is 0 Å². The van der Waals surface area contributed by atoms with Crippen molar-refractivity contribution in [3.8, 4) is 0 Å². The van der Waals surface area contributed by atoms with Gasteiger partial charge < -0.3 is 10.4 Å². The standard InChI is InChI=1S/C3H4FN3O6/c4-3(6(10)11,7(12)13)1-5-2(8)9/h5H,1H2,(H,8,9). The van der Waals surface area contributed by atoms with Gasteiger partial charge in [0.25, 0.3) is 0 Å². The molecule has 0 heterocycles. The number of nitrogens with one attached hydrogen (secondary N) is 1. The molecule has 0 aliphatic heterocycles. The Morgan fingerprint density at radius 1 is 1.46 bits per heavy atom. The second-order valence-electron chi connectivity index (χ2n) is 1.89. The fourth-order valence-electron chi connectivity index (χ4n) is 0.384. The summed E-state index contributed by atoms with van der Waals surface area (Å²) >= 11 is 0. The van der Waals surface area contributed by atoms with E-state index in [2.05, 4.69) is 0 Å². The lowest BCUT2D eigenvalue weighted by Gasteiger charge is -2.06. The zero-order valence-electron chi connectivity index (χ0n) is 5.97. The lowest BCUT2D eigenvalue weighted by atomic mass is 10.5. The number of nitrogens with zero attached hydrogens (tertiary/aromatic N) is 2. The summed E-state index contributed by atoms with van der Waals surface area (Å²) in [6.45, 7) is -1.54. The van der Waals surface area contributed by atoms with E-state index in [0.717, 1.165) is 0 Å². The minimum atomic E-state index is -4.02. The molecule has 0 radical (unpaired) electrons. The summed E-state index contributed by atoms with van der Waals surface area (Å²) in [7, 11) is 0. The number of carbonyl (C=O) groups is 1. The molecule has 0 bridgehead atoms. The van der Waals surface area contributed by atoms with Crippen LogP contribution in [0.15, 0.2) is 0 Å². The normalized spacial score (nSPS) is 10.5. The topological polar surface area (TPSA) is 136 Å². The van der Waals surface area contributed by atoms with Crippen LogP contribution >= 0.6 is 0 Å². The van der Waals surface area contributed by atoms with Gasteiger partial charge in [-0.1, -0.05) is 4.39 Å². The molecule has 0 rings (SSSR count). The Kier molecular flexibility index (Phi) is 3.05. The van der Waals surface area contributed by atoms with E-state index in [9.17, 15) is 29.4 Å². The van der Waals surface area contributed by atoms with Gasteiger partial charge in [0, 0.05) is 0 Å². The Hall–Kier alpha value is -2.00. The highest BCUT2D eigenvalue weighted by Gasteiger charge is 2.58. The highest BCUT2D eigenvalue weighted by molar-refractivity contribution is 5.64. The summed E-state index contributed by atoms with van der Waals surface area (Å²) in [5, 5.41) is 28.8. The van der Waals surface area contributed by atoms with Crippen molar-refractivity contribution < 1.29 is 24.1 Å². The molecule has 2 N–H and O–H groups in total. The maximum absolute atomic E-state index is 12.7. The predicted molar refractivity (Wildman–Crippen MR) is 33.9 cm³/mol. The Morgan fingerprint density at radius 3 is 2.08 bits per heavy atom. The molecule has 13 heavy (non-hydrogen) atoms. The van der Waals surface area contributed by atoms with Crippen LogP contribution in [0, 0.1) is 20.2 Å². The molecule has 0 fully saturated rings. The number of carboxylic acid groups (broad SMARTS) is 1. The van der Waals surface area contributed by atoms with Gasteiger partial charge >= 0.3 is 12.0 Å². The summed E-state index contributed by atoms with van der Waals surface area (Å²) in [4.78, 5) is 25.8. The largest absolute Gasteiger partial charge is 0.631 e. The number of alkyl halides is 1. The molecular formula is C3H4FN3O6. The summed E-state index contributed by atoms with van der Waals surface area (Å²) in [5.41, 5.74) is 0. The SMILES string of the molecule is O=C(O)NCC(F)([N+](=O)[O-])[N+](=O)[O-]. The summed E-state index contributed by atoms with van der Waals surface area (Å²) < 4.78 is 12.7. The molecule has 0 aromatic carbocycles. The smallest absolute Gasteiger partial charge is 0.465 e. The van der Waals surface area contributed by atoms with Crippen molar-refractivity contribution in [2.24, 2.45) is 0 Å². The summed E-state index contributed by atoms with van der Waals surface area (Å²) in [6.07, 6.45) is -1.79. The third-order valence-electron chi connectivity index (χ3n) is 1.02. The Labute approximate surface area is 69.4 Å². The van der Waals surface area contributed by atoms with E-state index < -0.39 is 28.4 Å². The molecule has 0 saturated carbocycles. The molecule has 9 nitrogen and oxygen atoms in total. The second-order valence-corrected chi connectivity index (χ2v) is 1.89. The van der Waals surface area contributed by atoms with Crippen LogP contribution in [0.4, 0.5) is 9.18 Å². The number of hydrogen-bond acceptors (Lipinski definition) is 5. The fourth-order valence-corrected chi connectivity index (χ4v) is 0.384. The molecule has 0 atom stereocenters. The molecule has 0 aromatic rings. The molecular weight excluding hydrogens is 193 g/mol. The van der Waals surface area contributed by atoms with Crippen LogP contribution < -0.4 is 5.32 Å². The Bertz CT molecular complexity index is 240. The van der Waals surface area contributed by atoms with E-state index in [0.29, 0.717) is 0 Å². The van der Waals surface area contributed by atoms with Gasteiger partial charge in [-0.05, 0) is 0 Å². The first-order valence-corrected chi connectivity index (χ1v) is 2.75. The number of rotatable bonds is 4. The van der Waals surface area contributed by atoms with Crippen molar-refractivity contribution in [3.63, 3.8) is 0 Å². The first-order chi connectivity index (χ1) is 5.80. The number of hydrogen-bond donors (Lipinski definition) is 2. The van der Waals surface area contributed by atoms with Crippen LogP contribution in [0.1, 0.15) is 0 Å². The van der Waals surface area contributed by atoms with Crippen molar-refractivity contribution in [2.45, 2.75) is 5.92 Å². The first-order valence-electron chi connectivity index (χ1n) is 2.75. The average Bonchev–Trinajstić information content (AvgIpc) is 1.99. The van der Waals surface area contributed by atoms with E-state index in [4.69, 9.17) is 5.11 Å². The average molecular weight is 197 g/mol. The van der Waals surface area contributed by atoms with Crippen molar-refractivity contribution in [1.82, 2.24) is 5.32 Å². The second kappa shape index (κ2) is 3.60. The quantitative estimate of drug-likeness (QED) is 0.268. The van der Waals surface area contributed by atoms with Crippen LogP contribution in [-0.4, -0.2) is 33.5 Å². The van der Waals surface area contributed by atoms with Crippen LogP contribution in [-0.2, 0) is 0 Å². The highest BCUT2D eigenvalue weighted by Crippen LogP contribution is 2.10. The Balaban J connectivity index is 4.52. The zero-order chi connectivity index (χ0) is 10.6. The van der Waals surface area contributed by atoms with Crippen molar-refractivity contribution in [1.29, 1.82) is 0 Å². The molecule has 10 heteroatoms. The van der Waals surface area contributed by atoms with E-state index in [1.54, 1.807) is 0 Å². The minimum absolute atomic E-state index is 1.21. The number of nitro groups is 2. The first kappa shape index (κ1) is 11.0. The van der Waals surface area contributed by atoms with Gasteiger partial charge in [-0.25, -0.2) is 4.79 Å². The van der Waals surface area contributed by atoms with Crippen LogP contribution in [0.2, 0.25) is 0 Å². The van der Waals surface area contributed by atoms with Crippen molar-refractivity contribution >= 4 is 6.09 Å². The molecule has 0 aromatic heterocycles. The zero-order valence-corrected chi connectivity index (χ0v) is 5.97. The molecule has 0 saturated heterocycles. The molecule has 0 aliphatic carbocycles. The van der Waals surface area contributed by atoms with Crippen LogP contribution in [0.5, 0.6) is 0 Å². The molecule has 1 amide bonds. The molecule has 0 unspecified atom stereocenters. The third-order valence-corrected chi connectivity index (χ3v) is 1.02. The Morgan fingerprint density at radius 2 is 1.85 bits per heavy atom. The molecule has 74 valence electrons. The predicted octanol–water partition coefficient (Wildman–Crippen LogP) is -0.569. The van der Waals surface area contributed by atoms with Gasteiger partial charge in [0.05, 0.1) is 0 Å². The van der Waals surface area contributed by atoms with Crippen molar-refractivity contribution in [2.75, 3.05) is 6.54 Å². The van der Waals surface area contributed by atoms with Gasteiger partial charge in [-0.2, -0.15) is 0 Å². The maximum Gasteiger partial charge on any atom is 0.631 e. The van der Waals surface area contributed by atoms with E-state index in [1.807, 2.05) is 0 Å². The van der Waals surface area contributed by atoms with Gasteiger partial charge in [0.1, 0.15) is 9.85 Å². The van der Waals surface area contributed by atoms with Gasteiger partial charge in [-0.3, -0.25) is 20.2 Å². The highest BCUT2D eigenvalue weighted by atomic mass is 19.2. The monoisotopic (exact) mass is 197 g/mol. The number of halogens is 1. The lowest BCUT2D eigenvalue weighted by molar-refractivity contribution is -0.828.